The molecule has 1 saturated heterocycles. The van der Waals surface area contributed by atoms with Gasteiger partial charge < -0.3 is 18.6 Å². The van der Waals surface area contributed by atoms with Crippen LogP contribution in [0.25, 0.3) is 0 Å². The zero-order valence-corrected chi connectivity index (χ0v) is 12.5. The first-order valence-corrected chi connectivity index (χ1v) is 7.23. The Bertz CT molecular complexity index is 622. The van der Waals surface area contributed by atoms with Crippen LogP contribution in [0.3, 0.4) is 0 Å². The molecule has 1 aliphatic rings. The van der Waals surface area contributed by atoms with E-state index in [1.165, 1.54) is 0 Å². The first kappa shape index (κ1) is 13.9. The monoisotopic (exact) mass is 288 g/mol. The van der Waals surface area contributed by atoms with Crippen molar-refractivity contribution in [2.24, 2.45) is 0 Å². The largest absolute Gasteiger partial charge is 0.467 e. The van der Waals surface area contributed by atoms with Crippen molar-refractivity contribution in [2.75, 3.05) is 26.3 Å². The summed E-state index contributed by atoms with van der Waals surface area (Å²) in [7, 11) is 0. The summed E-state index contributed by atoms with van der Waals surface area (Å²) in [6.45, 7) is 7.24. The fraction of sp³-hybridized carbons (Fsp3) is 0.438. The maximum Gasteiger partial charge on any atom is 0.255 e. The Balaban J connectivity index is 1.84. The fourth-order valence-corrected chi connectivity index (χ4v) is 2.76. The lowest BCUT2D eigenvalue weighted by molar-refractivity contribution is 0.0302. The van der Waals surface area contributed by atoms with Crippen molar-refractivity contribution in [3.63, 3.8) is 0 Å². The molecule has 0 saturated carbocycles. The van der Waals surface area contributed by atoms with Crippen molar-refractivity contribution >= 4 is 5.91 Å². The van der Waals surface area contributed by atoms with E-state index in [4.69, 9.17) is 9.15 Å². The Morgan fingerprint density at radius 1 is 1.29 bits per heavy atom. The summed E-state index contributed by atoms with van der Waals surface area (Å²) in [5.74, 6) is 0.985. The molecule has 0 N–H and O–H groups in total. The molecule has 112 valence electrons. The number of carbonyl (C=O) groups is 1. The van der Waals surface area contributed by atoms with Crippen molar-refractivity contribution in [1.82, 2.24) is 9.47 Å². The molecular weight excluding hydrogens is 268 g/mol. The maximum atomic E-state index is 12.6. The van der Waals surface area contributed by atoms with Crippen LogP contribution >= 0.6 is 0 Å². The zero-order chi connectivity index (χ0) is 14.8. The molecule has 21 heavy (non-hydrogen) atoms. The topological polar surface area (TPSA) is 47.6 Å². The molecule has 0 bridgehead atoms. The van der Waals surface area contributed by atoms with Crippen LogP contribution in [0.2, 0.25) is 0 Å². The molecule has 0 radical (unpaired) electrons. The lowest BCUT2D eigenvalue weighted by Gasteiger charge is -2.26. The van der Waals surface area contributed by atoms with E-state index in [0.717, 1.165) is 22.7 Å². The Kier molecular flexibility index (Phi) is 3.84. The average Bonchev–Trinajstić information content (AvgIpc) is 3.11. The van der Waals surface area contributed by atoms with Gasteiger partial charge in [-0.3, -0.25) is 4.79 Å². The Hall–Kier alpha value is -2.01. The third kappa shape index (κ3) is 2.74. The summed E-state index contributed by atoms with van der Waals surface area (Å²) in [5.41, 5.74) is 2.84. The minimum atomic E-state index is 0.0945. The van der Waals surface area contributed by atoms with Crippen LogP contribution in [0.1, 0.15) is 27.5 Å². The zero-order valence-electron chi connectivity index (χ0n) is 12.5. The van der Waals surface area contributed by atoms with Crippen LogP contribution < -0.4 is 0 Å². The fourth-order valence-electron chi connectivity index (χ4n) is 2.76. The lowest BCUT2D eigenvalue weighted by atomic mass is 10.2. The molecular formula is C16H20N2O3. The predicted octanol–water partition coefficient (Wildman–Crippen LogP) is 2.22. The molecule has 3 rings (SSSR count). The van der Waals surface area contributed by atoms with Crippen molar-refractivity contribution < 1.29 is 13.9 Å². The molecule has 2 aromatic heterocycles. The number of morpholine rings is 1. The van der Waals surface area contributed by atoms with Crippen LogP contribution in [0.4, 0.5) is 0 Å². The summed E-state index contributed by atoms with van der Waals surface area (Å²) in [4.78, 5) is 14.5. The van der Waals surface area contributed by atoms with Crippen molar-refractivity contribution in [3.05, 3.63) is 47.2 Å². The Labute approximate surface area is 124 Å². The van der Waals surface area contributed by atoms with E-state index in [1.807, 2.05) is 36.9 Å². The van der Waals surface area contributed by atoms with Crippen LogP contribution in [-0.4, -0.2) is 41.7 Å². The van der Waals surface area contributed by atoms with Gasteiger partial charge in [0.15, 0.2) is 0 Å². The van der Waals surface area contributed by atoms with E-state index >= 15 is 0 Å². The number of hydrogen-bond acceptors (Lipinski definition) is 3. The summed E-state index contributed by atoms with van der Waals surface area (Å²) < 4.78 is 12.8. The smallest absolute Gasteiger partial charge is 0.255 e. The van der Waals surface area contributed by atoms with Gasteiger partial charge in [0, 0.05) is 24.5 Å². The third-order valence-corrected chi connectivity index (χ3v) is 4.00. The van der Waals surface area contributed by atoms with Crippen LogP contribution in [0.15, 0.2) is 28.9 Å². The summed E-state index contributed by atoms with van der Waals surface area (Å²) >= 11 is 0. The number of amides is 1. The molecule has 1 amide bonds. The third-order valence-electron chi connectivity index (χ3n) is 4.00. The second-order valence-corrected chi connectivity index (χ2v) is 5.35. The van der Waals surface area contributed by atoms with Gasteiger partial charge >= 0.3 is 0 Å². The molecule has 0 aromatic carbocycles. The molecule has 1 aliphatic heterocycles. The Morgan fingerprint density at radius 2 is 2.05 bits per heavy atom. The maximum absolute atomic E-state index is 12.6. The highest BCUT2D eigenvalue weighted by atomic mass is 16.5. The molecule has 0 aliphatic carbocycles. The van der Waals surface area contributed by atoms with Gasteiger partial charge in [0.2, 0.25) is 0 Å². The van der Waals surface area contributed by atoms with Gasteiger partial charge in [-0.15, -0.1) is 0 Å². The number of rotatable bonds is 3. The first-order chi connectivity index (χ1) is 10.2. The quantitative estimate of drug-likeness (QED) is 0.870. The van der Waals surface area contributed by atoms with Crippen molar-refractivity contribution in [2.45, 2.75) is 20.4 Å². The van der Waals surface area contributed by atoms with Gasteiger partial charge in [0.25, 0.3) is 5.91 Å². The van der Waals surface area contributed by atoms with E-state index in [1.54, 1.807) is 6.26 Å². The molecule has 0 unspecified atom stereocenters. The average molecular weight is 288 g/mol. The second-order valence-electron chi connectivity index (χ2n) is 5.35. The normalized spacial score (nSPS) is 15.4. The second kappa shape index (κ2) is 5.77. The number of hydrogen-bond donors (Lipinski definition) is 0. The van der Waals surface area contributed by atoms with E-state index < -0.39 is 0 Å². The Morgan fingerprint density at radius 3 is 2.71 bits per heavy atom. The predicted molar refractivity (Wildman–Crippen MR) is 78.4 cm³/mol. The van der Waals surface area contributed by atoms with Crippen LogP contribution in [0, 0.1) is 13.8 Å². The molecule has 5 heteroatoms. The molecule has 1 fully saturated rings. The van der Waals surface area contributed by atoms with Crippen LogP contribution in [-0.2, 0) is 11.3 Å². The molecule has 0 spiro atoms. The minimum Gasteiger partial charge on any atom is -0.467 e. The number of aromatic nitrogens is 1. The van der Waals surface area contributed by atoms with E-state index in [0.29, 0.717) is 32.8 Å². The highest BCUT2D eigenvalue weighted by molar-refractivity contribution is 5.95. The minimum absolute atomic E-state index is 0.0945. The van der Waals surface area contributed by atoms with Gasteiger partial charge in [0.05, 0.1) is 31.6 Å². The van der Waals surface area contributed by atoms with Gasteiger partial charge in [-0.25, -0.2) is 0 Å². The van der Waals surface area contributed by atoms with E-state index in [2.05, 4.69) is 4.57 Å². The number of furan rings is 1. The molecule has 2 aromatic rings. The van der Waals surface area contributed by atoms with Gasteiger partial charge in [0.1, 0.15) is 5.76 Å². The highest BCUT2D eigenvalue weighted by Gasteiger charge is 2.23. The van der Waals surface area contributed by atoms with Crippen molar-refractivity contribution in [1.29, 1.82) is 0 Å². The van der Waals surface area contributed by atoms with Crippen LogP contribution in [0.5, 0.6) is 0 Å². The van der Waals surface area contributed by atoms with Gasteiger partial charge in [-0.05, 0) is 32.0 Å². The van der Waals surface area contributed by atoms with E-state index in [9.17, 15) is 4.79 Å². The molecule has 3 heterocycles. The number of aryl methyl sites for hydroxylation is 1. The number of carbonyl (C=O) groups excluding carboxylic acids is 1. The summed E-state index contributed by atoms with van der Waals surface area (Å²) in [6, 6.07) is 5.79. The SMILES string of the molecule is Cc1cc(C(=O)N2CCOCC2)c(C)n1Cc1ccco1. The molecule has 0 atom stereocenters. The molecule has 5 nitrogen and oxygen atoms in total. The summed E-state index contributed by atoms with van der Waals surface area (Å²) in [6.07, 6.45) is 1.67. The number of ether oxygens (including phenoxy) is 1. The van der Waals surface area contributed by atoms with Crippen molar-refractivity contribution in [3.8, 4) is 0 Å². The standard InChI is InChI=1S/C16H20N2O3/c1-12-10-15(16(19)17-5-8-20-9-6-17)13(2)18(12)11-14-4-3-7-21-14/h3-4,7,10H,5-6,8-9,11H2,1-2H3. The van der Waals surface area contributed by atoms with E-state index in [-0.39, 0.29) is 5.91 Å². The summed E-state index contributed by atoms with van der Waals surface area (Å²) in [5, 5.41) is 0. The van der Waals surface area contributed by atoms with Gasteiger partial charge in [-0.2, -0.15) is 0 Å². The lowest BCUT2D eigenvalue weighted by Crippen LogP contribution is -2.40. The number of nitrogens with zero attached hydrogens (tertiary/aromatic N) is 2. The first-order valence-electron chi connectivity index (χ1n) is 7.23. The van der Waals surface area contributed by atoms with Gasteiger partial charge in [-0.1, -0.05) is 0 Å². The highest BCUT2D eigenvalue weighted by Crippen LogP contribution is 2.19.